The van der Waals surface area contributed by atoms with Crippen molar-refractivity contribution in [2.24, 2.45) is 0 Å². The van der Waals surface area contributed by atoms with E-state index in [4.69, 9.17) is 0 Å². The van der Waals surface area contributed by atoms with Gasteiger partial charge in [-0.1, -0.05) is 0 Å². The number of nitrogens with one attached hydrogen (secondary N) is 2. The molecule has 0 spiro atoms. The second-order valence-electron chi connectivity index (χ2n) is 21.9. The van der Waals surface area contributed by atoms with E-state index >= 15 is 70.2 Å². The lowest BCUT2D eigenvalue weighted by Gasteiger charge is -2.37. The van der Waals surface area contributed by atoms with Gasteiger partial charge in [0.1, 0.15) is 57.5 Å². The molecule has 2 N–H and O–H groups in total. The molecule has 0 unspecified atom stereocenters. The van der Waals surface area contributed by atoms with E-state index in [1.807, 2.05) is 0 Å². The van der Waals surface area contributed by atoms with E-state index in [0.29, 0.717) is 9.97 Å². The molecule has 7 aromatic rings. The molecule has 4 aromatic carbocycles. The number of rotatable bonds is 6. The highest BCUT2D eigenvalue weighted by Gasteiger charge is 2.85. The summed E-state index contributed by atoms with van der Waals surface area (Å²) in [6.07, 6.45) is -105. The molecule has 5 heterocycles. The lowest BCUT2D eigenvalue weighted by molar-refractivity contribution is -0.361. The molecule has 0 aliphatic carbocycles. The summed E-state index contributed by atoms with van der Waals surface area (Å²) in [6, 6.07) is 0. The number of aromatic nitrogens is 8. The van der Waals surface area contributed by atoms with E-state index in [0.717, 1.165) is 0 Å². The summed E-state index contributed by atoms with van der Waals surface area (Å²) >= 11 is 0. The predicted molar refractivity (Wildman–Crippen MR) is 245 cm³/mol. The Balaban J connectivity index is 1.84. The van der Waals surface area contributed by atoms with E-state index in [2.05, 4.69) is 29.9 Å². The SMILES string of the molecule is Fc1c(F)c(F)c2c(c1F)-c1nc-2nc2[nH]c(nc3nc(nc4[nH]c(n1)c1c(F)c(C(F)(C(F)(F)F)C(F)(F)F)c(C(F)(C(F)(F)F)C(F)(F)F)c(F)c41)-c1c(F)c(C(F)(C(F)(F)F)C(F)(F)F)c(C(F)(C(F)(F)F)C(F)(F)F)c(F)c1-3)c1c(F)c(C(F)(C(F)(F)F)C(F)(F)F)c(C(F)(C(F)(F)F)C(F)(F)F)c(F)c21. The summed E-state index contributed by atoms with van der Waals surface area (Å²) < 4.78 is 795. The van der Waals surface area contributed by atoms with Gasteiger partial charge in [-0.3, -0.25) is 0 Å². The van der Waals surface area contributed by atoms with Crippen LogP contribution in [0, 0.1) is 58.2 Å². The maximum absolute atomic E-state index is 17.6. The summed E-state index contributed by atoms with van der Waals surface area (Å²) in [4.78, 5) is 14.8. The summed E-state index contributed by atoms with van der Waals surface area (Å²) in [6.45, 7) is 0. The van der Waals surface area contributed by atoms with Crippen LogP contribution in [0.2, 0.25) is 0 Å². The first-order valence-electron chi connectivity index (χ1n) is 26.0. The van der Waals surface area contributed by atoms with E-state index < -0.39 is 289 Å². The van der Waals surface area contributed by atoms with Crippen LogP contribution in [0.1, 0.15) is 33.4 Å². The van der Waals surface area contributed by atoms with Crippen molar-refractivity contribution in [1.29, 1.82) is 0 Å². The summed E-state index contributed by atoms with van der Waals surface area (Å²) in [5, 5.41) is -15.5. The fourth-order valence-corrected chi connectivity index (χ4v) is 11.0. The second kappa shape index (κ2) is 23.6. The first kappa shape index (κ1) is 84.6. The monoisotopic (exact) mass is 1700 g/mol. The molecule has 0 saturated heterocycles. The number of benzene rings is 4. The van der Waals surface area contributed by atoms with Gasteiger partial charge in [-0.2, -0.15) is 158 Å². The van der Waals surface area contributed by atoms with E-state index in [1.54, 1.807) is 0 Å². The molecule has 606 valence electrons. The number of nitrogens with zero attached hydrogens (tertiary/aromatic N) is 6. The topological polar surface area (TPSA) is 109 Å². The average molecular weight is 1700 g/mol. The van der Waals surface area contributed by atoms with Gasteiger partial charge in [-0.15, -0.1) is 0 Å². The van der Waals surface area contributed by atoms with Crippen molar-refractivity contribution >= 4 is 44.1 Å². The zero-order valence-electron chi connectivity index (χ0n) is 48.3. The van der Waals surface area contributed by atoms with Crippen molar-refractivity contribution in [1.82, 2.24) is 39.9 Å². The number of alkyl halides is 42. The molecule has 2 aliphatic heterocycles. The molecule has 3 aromatic heterocycles. The van der Waals surface area contributed by atoms with E-state index in [9.17, 15) is 158 Å². The van der Waals surface area contributed by atoms with Gasteiger partial charge < -0.3 is 9.97 Å². The van der Waals surface area contributed by atoms with Gasteiger partial charge in [0, 0.05) is 0 Å². The molecular formula is C50H2F52N8. The summed E-state index contributed by atoms with van der Waals surface area (Å²) in [7, 11) is 0. The normalized spacial score (nSPS) is 15.1. The zero-order chi connectivity index (χ0) is 85.1. The highest BCUT2D eigenvalue weighted by Crippen LogP contribution is 2.68. The van der Waals surface area contributed by atoms with Gasteiger partial charge >= 0.3 is 108 Å². The third kappa shape index (κ3) is 10.8. The Hall–Kier alpha value is -9.40. The molecule has 110 heavy (non-hydrogen) atoms. The first-order chi connectivity index (χ1) is 48.7. The molecule has 2 aliphatic rings. The third-order valence-corrected chi connectivity index (χ3v) is 15.8. The lowest BCUT2D eigenvalue weighted by Crippen LogP contribution is -2.56. The fourth-order valence-electron chi connectivity index (χ4n) is 11.0. The Morgan fingerprint density at radius 1 is 0.155 bits per heavy atom. The van der Waals surface area contributed by atoms with Crippen LogP contribution in [0.3, 0.4) is 0 Å². The van der Waals surface area contributed by atoms with Crippen molar-refractivity contribution in [3.05, 3.63) is 91.6 Å². The summed E-state index contributed by atoms with van der Waals surface area (Å²) in [5.41, 5.74) is -116. The average Bonchev–Trinajstić information content (AvgIpc) is 0.777. The molecule has 0 atom stereocenters. The smallest absolute Gasteiger partial charge is 0.324 e. The Kier molecular flexibility index (Phi) is 18.1. The van der Waals surface area contributed by atoms with Crippen LogP contribution in [-0.4, -0.2) is 114 Å². The third-order valence-electron chi connectivity index (χ3n) is 15.8. The van der Waals surface area contributed by atoms with Crippen LogP contribution in [0.5, 0.6) is 0 Å². The molecule has 0 saturated carbocycles. The minimum Gasteiger partial charge on any atom is -0.324 e. The van der Waals surface area contributed by atoms with Crippen molar-refractivity contribution in [2.45, 2.75) is 108 Å². The predicted octanol–water partition coefficient (Wildman–Crippen LogP) is 22.0. The maximum Gasteiger partial charge on any atom is 0.436 e. The van der Waals surface area contributed by atoms with Crippen LogP contribution in [0.15, 0.2) is 0 Å². The Morgan fingerprint density at radius 3 is 0.418 bits per heavy atom. The van der Waals surface area contributed by atoms with E-state index in [-0.39, 0.29) is 0 Å². The number of hydrogen-bond acceptors (Lipinski definition) is 6. The molecule has 0 radical (unpaired) electrons. The highest BCUT2D eigenvalue weighted by molar-refractivity contribution is 6.08. The van der Waals surface area contributed by atoms with Crippen LogP contribution in [0.4, 0.5) is 228 Å². The van der Waals surface area contributed by atoms with Crippen molar-refractivity contribution in [3.8, 4) is 45.6 Å². The molecule has 9 rings (SSSR count). The molecular weight excluding hydrogens is 1700 g/mol. The number of halogens is 52. The maximum atomic E-state index is 17.6. The van der Waals surface area contributed by atoms with E-state index in [1.165, 1.54) is 0 Å². The van der Waals surface area contributed by atoms with Crippen molar-refractivity contribution < 1.29 is 228 Å². The van der Waals surface area contributed by atoms with Crippen LogP contribution < -0.4 is 0 Å². The van der Waals surface area contributed by atoms with Crippen molar-refractivity contribution in [3.63, 3.8) is 0 Å². The molecule has 60 heteroatoms. The Labute approximate surface area is 557 Å². The van der Waals surface area contributed by atoms with Crippen LogP contribution in [-0.2, 0) is 34.0 Å². The minimum atomic E-state index is -8.97. The standard InChI is InChI=1S/C50H2F52N8/c51-15-1-2(16(52)10(34(62,41(73,74)75)42(76,77)78)9(15)33(61,39(67,68)69)40(70,71)72)26-103-25(1)104-27-3-5(19(55)13(37(65,47(91,92)93)48(94,95)96)11(17(3)53)35(63,43(79,80)81)44(82,83)84)29(106-27)108-31-7-8(22(58)24(60)23(59)21(7)57)32(110-31)109-30-6-4(28(105-26)107-30)18(54)12(36(64,45(85,86)87)46(88,89)90)14(20(6)56)38(66,49(97,98)99)50(100,101)102/h(H2,103,104,105,106,107,108,109,110). The summed E-state index contributed by atoms with van der Waals surface area (Å²) in [5.74, 6) is -58.9. The Bertz CT molecular complexity index is 4830. The Morgan fingerprint density at radius 2 is 0.282 bits per heavy atom. The number of fused-ring (bicyclic) bond motifs is 20. The van der Waals surface area contributed by atoms with Crippen molar-refractivity contribution in [2.75, 3.05) is 0 Å². The second-order valence-corrected chi connectivity index (χ2v) is 21.9. The highest BCUT2D eigenvalue weighted by atomic mass is 19.5. The van der Waals surface area contributed by atoms with Crippen LogP contribution >= 0.6 is 0 Å². The number of aromatic amines is 2. The lowest BCUT2D eigenvalue weighted by atomic mass is 9.78. The number of H-pyrrole nitrogens is 2. The van der Waals surface area contributed by atoms with Gasteiger partial charge in [0.05, 0.1) is 77.2 Å². The molecule has 0 fully saturated rings. The largest absolute Gasteiger partial charge is 0.436 e. The molecule has 8 bridgehead atoms. The van der Waals surface area contributed by atoms with Gasteiger partial charge in [0.2, 0.25) is 0 Å². The number of hydrogen-bond donors (Lipinski definition) is 2. The van der Waals surface area contributed by atoms with Gasteiger partial charge in [-0.05, 0) is 0 Å². The zero-order valence-corrected chi connectivity index (χ0v) is 48.3. The van der Waals surface area contributed by atoms with Crippen LogP contribution in [0.25, 0.3) is 89.7 Å². The van der Waals surface area contributed by atoms with Gasteiger partial charge in [-0.25, -0.2) is 100 Å². The minimum absolute atomic E-state index is 0.427. The molecule has 8 nitrogen and oxygen atoms in total. The van der Waals surface area contributed by atoms with Gasteiger partial charge in [0.15, 0.2) is 46.6 Å². The first-order valence-corrected chi connectivity index (χ1v) is 26.0. The van der Waals surface area contributed by atoms with Gasteiger partial charge in [0.25, 0.3) is 0 Å². The fraction of sp³-hybridized carbons (Fsp3) is 0.360. The molecule has 0 amide bonds. The quantitative estimate of drug-likeness (QED) is 0.0975.